The zero-order valence-corrected chi connectivity index (χ0v) is 14.4. The lowest BCUT2D eigenvalue weighted by atomic mass is 10.1. The highest BCUT2D eigenvalue weighted by atomic mass is 16.7. The van der Waals surface area contributed by atoms with Crippen molar-refractivity contribution in [3.63, 3.8) is 0 Å². The summed E-state index contributed by atoms with van der Waals surface area (Å²) in [6, 6.07) is 0. The fraction of sp³-hybridized carbons (Fsp3) is 0.800. The van der Waals surface area contributed by atoms with Gasteiger partial charge in [0.2, 0.25) is 0 Å². The number of hydrogen-bond donors (Lipinski definition) is 0. The first-order valence-electron chi connectivity index (χ1n) is 9.30. The Balaban J connectivity index is 1.79. The quantitative estimate of drug-likeness (QED) is 0.364. The van der Waals surface area contributed by atoms with Crippen LogP contribution in [0.2, 0.25) is 0 Å². The van der Waals surface area contributed by atoms with Crippen molar-refractivity contribution in [2.24, 2.45) is 0 Å². The van der Waals surface area contributed by atoms with Crippen LogP contribution in [0.1, 0.15) is 84.0 Å². The van der Waals surface area contributed by atoms with Gasteiger partial charge in [0.1, 0.15) is 0 Å². The summed E-state index contributed by atoms with van der Waals surface area (Å²) in [6.45, 7) is 3.94. The maximum atomic E-state index is 5.73. The van der Waals surface area contributed by atoms with Gasteiger partial charge in [0.25, 0.3) is 0 Å². The van der Waals surface area contributed by atoms with Gasteiger partial charge in [0, 0.05) is 19.6 Å². The molecule has 0 aromatic heterocycles. The summed E-state index contributed by atoms with van der Waals surface area (Å²) in [4.78, 5) is 0. The molecule has 1 heterocycles. The van der Waals surface area contributed by atoms with E-state index in [2.05, 4.69) is 24.8 Å². The van der Waals surface area contributed by atoms with Crippen molar-refractivity contribution in [2.75, 3.05) is 13.2 Å². The molecule has 1 fully saturated rings. The maximum absolute atomic E-state index is 5.73. The Labute approximate surface area is 137 Å². The molecule has 1 unspecified atom stereocenters. The Morgan fingerprint density at radius 1 is 1.09 bits per heavy atom. The van der Waals surface area contributed by atoms with Gasteiger partial charge >= 0.3 is 0 Å². The molecular weight excluding hydrogens is 272 g/mol. The molecule has 22 heavy (non-hydrogen) atoms. The predicted molar refractivity (Wildman–Crippen MR) is 93.7 cm³/mol. The third-order valence-electron chi connectivity index (χ3n) is 3.92. The van der Waals surface area contributed by atoms with Crippen LogP contribution >= 0.6 is 0 Å². The largest absolute Gasteiger partial charge is 0.353 e. The first-order valence-corrected chi connectivity index (χ1v) is 9.30. The topological polar surface area (TPSA) is 18.5 Å². The standard InChI is InChI=1S/C20H34O2/c1-2-3-4-5-6-7-8-9-10-11-12-13-15-18-21-20-17-14-16-19-22-20/h7-8,20H,2-4,9-19H2,1H3/b8-7+. The Hall–Kier alpha value is -0.780. The van der Waals surface area contributed by atoms with Gasteiger partial charge in [-0.2, -0.15) is 0 Å². The first-order chi connectivity index (χ1) is 10.9. The van der Waals surface area contributed by atoms with Crippen LogP contribution in [0, 0.1) is 11.8 Å². The Morgan fingerprint density at radius 3 is 2.77 bits per heavy atom. The van der Waals surface area contributed by atoms with E-state index in [9.17, 15) is 0 Å². The van der Waals surface area contributed by atoms with Crippen molar-refractivity contribution in [2.45, 2.75) is 90.3 Å². The van der Waals surface area contributed by atoms with Crippen molar-refractivity contribution in [3.8, 4) is 11.8 Å². The molecule has 0 aromatic rings. The first kappa shape index (κ1) is 19.3. The molecule has 0 bridgehead atoms. The maximum Gasteiger partial charge on any atom is 0.157 e. The molecule has 1 aliphatic heterocycles. The molecule has 0 amide bonds. The van der Waals surface area contributed by atoms with E-state index in [1.807, 2.05) is 6.08 Å². The number of hydrogen-bond acceptors (Lipinski definition) is 2. The molecule has 0 aromatic carbocycles. The fourth-order valence-electron chi connectivity index (χ4n) is 2.49. The Kier molecular flexibility index (Phi) is 13.2. The molecule has 2 nitrogen and oxygen atoms in total. The van der Waals surface area contributed by atoms with E-state index in [0.29, 0.717) is 0 Å². The van der Waals surface area contributed by atoms with Crippen molar-refractivity contribution in [1.29, 1.82) is 0 Å². The van der Waals surface area contributed by atoms with Crippen molar-refractivity contribution >= 4 is 0 Å². The Morgan fingerprint density at radius 2 is 1.95 bits per heavy atom. The van der Waals surface area contributed by atoms with E-state index < -0.39 is 0 Å². The van der Waals surface area contributed by atoms with Crippen LogP contribution in [0.4, 0.5) is 0 Å². The lowest BCUT2D eigenvalue weighted by molar-refractivity contribution is -0.162. The van der Waals surface area contributed by atoms with Crippen molar-refractivity contribution < 1.29 is 9.47 Å². The SMILES string of the molecule is CCCCC#C/C=C/CCCCCCCOC1CCCCO1. The summed E-state index contributed by atoms with van der Waals surface area (Å²) < 4.78 is 11.3. The summed E-state index contributed by atoms with van der Waals surface area (Å²) in [5, 5.41) is 0. The smallest absolute Gasteiger partial charge is 0.157 e. The molecule has 1 atom stereocenters. The van der Waals surface area contributed by atoms with Crippen LogP contribution in [0.3, 0.4) is 0 Å². The van der Waals surface area contributed by atoms with Gasteiger partial charge in [0.15, 0.2) is 6.29 Å². The number of unbranched alkanes of at least 4 members (excludes halogenated alkanes) is 7. The number of ether oxygens (including phenoxy) is 2. The van der Waals surface area contributed by atoms with Crippen LogP contribution in [0.5, 0.6) is 0 Å². The average Bonchev–Trinajstić information content (AvgIpc) is 2.56. The predicted octanol–water partition coefficient (Wildman–Crippen LogP) is 5.62. The second kappa shape index (κ2) is 15.1. The fourth-order valence-corrected chi connectivity index (χ4v) is 2.49. The van der Waals surface area contributed by atoms with Gasteiger partial charge < -0.3 is 9.47 Å². The third-order valence-corrected chi connectivity index (χ3v) is 3.92. The summed E-state index contributed by atoms with van der Waals surface area (Å²) >= 11 is 0. The van der Waals surface area contributed by atoms with Gasteiger partial charge in [-0.25, -0.2) is 0 Å². The third kappa shape index (κ3) is 11.8. The molecule has 0 radical (unpaired) electrons. The van der Waals surface area contributed by atoms with Crippen LogP contribution in [0.15, 0.2) is 12.2 Å². The Bertz CT molecular complexity index is 318. The van der Waals surface area contributed by atoms with Crippen molar-refractivity contribution in [1.82, 2.24) is 0 Å². The minimum absolute atomic E-state index is 0.0809. The summed E-state index contributed by atoms with van der Waals surface area (Å²) in [7, 11) is 0. The molecule has 1 aliphatic rings. The zero-order chi connectivity index (χ0) is 15.7. The van der Waals surface area contributed by atoms with E-state index in [-0.39, 0.29) is 6.29 Å². The van der Waals surface area contributed by atoms with Gasteiger partial charge in [-0.05, 0) is 51.0 Å². The average molecular weight is 306 g/mol. The molecule has 0 aliphatic carbocycles. The van der Waals surface area contributed by atoms with E-state index in [4.69, 9.17) is 9.47 Å². The molecule has 126 valence electrons. The highest BCUT2D eigenvalue weighted by molar-refractivity contribution is 5.14. The molecular formula is C20H34O2. The monoisotopic (exact) mass is 306 g/mol. The van der Waals surface area contributed by atoms with E-state index in [1.54, 1.807) is 0 Å². The second-order valence-corrected chi connectivity index (χ2v) is 6.05. The molecule has 0 saturated carbocycles. The van der Waals surface area contributed by atoms with Crippen molar-refractivity contribution in [3.05, 3.63) is 12.2 Å². The van der Waals surface area contributed by atoms with Crippen LogP contribution in [-0.2, 0) is 9.47 Å². The van der Waals surface area contributed by atoms with Gasteiger partial charge in [-0.3, -0.25) is 0 Å². The summed E-state index contributed by atoms with van der Waals surface area (Å²) in [5.41, 5.74) is 0. The minimum atomic E-state index is 0.0809. The highest BCUT2D eigenvalue weighted by Crippen LogP contribution is 2.14. The lowest BCUT2D eigenvalue weighted by Gasteiger charge is -2.22. The minimum Gasteiger partial charge on any atom is -0.353 e. The van der Waals surface area contributed by atoms with Gasteiger partial charge in [-0.15, -0.1) is 0 Å². The van der Waals surface area contributed by atoms with Crippen LogP contribution in [-0.4, -0.2) is 19.5 Å². The number of rotatable bonds is 11. The van der Waals surface area contributed by atoms with E-state index in [0.717, 1.165) is 32.5 Å². The van der Waals surface area contributed by atoms with Crippen LogP contribution in [0.25, 0.3) is 0 Å². The van der Waals surface area contributed by atoms with Gasteiger partial charge in [-0.1, -0.05) is 50.5 Å². The molecule has 2 heteroatoms. The van der Waals surface area contributed by atoms with Gasteiger partial charge in [0.05, 0.1) is 0 Å². The molecule has 0 N–H and O–H groups in total. The molecule has 1 rings (SSSR count). The van der Waals surface area contributed by atoms with E-state index in [1.165, 1.54) is 57.8 Å². The highest BCUT2D eigenvalue weighted by Gasteiger charge is 2.13. The summed E-state index contributed by atoms with van der Waals surface area (Å²) in [6.07, 6.45) is 18.8. The molecule has 1 saturated heterocycles. The van der Waals surface area contributed by atoms with Crippen LogP contribution < -0.4 is 0 Å². The van der Waals surface area contributed by atoms with E-state index >= 15 is 0 Å². The lowest BCUT2D eigenvalue weighted by Crippen LogP contribution is -2.22. The number of allylic oxidation sites excluding steroid dienone is 2. The summed E-state index contributed by atoms with van der Waals surface area (Å²) in [5.74, 6) is 6.29. The second-order valence-electron chi connectivity index (χ2n) is 6.05. The zero-order valence-electron chi connectivity index (χ0n) is 14.4. The normalized spacial score (nSPS) is 18.3. The molecule has 0 spiro atoms.